The fraction of sp³-hybridized carbons (Fsp3) is 0.429. The molecule has 0 aromatic heterocycles. The maximum Gasteiger partial charge on any atom is 0.407 e. The molecule has 0 bridgehead atoms. The van der Waals surface area contributed by atoms with Gasteiger partial charge in [-0.3, -0.25) is 4.79 Å². The average Bonchev–Trinajstić information content (AvgIpc) is 2.31. The average molecular weight is 300 g/mol. The van der Waals surface area contributed by atoms with E-state index in [2.05, 4.69) is 10.6 Å². The van der Waals surface area contributed by atoms with E-state index < -0.39 is 29.2 Å². The molecule has 2 amide bonds. The van der Waals surface area contributed by atoms with Crippen LogP contribution in [0.3, 0.4) is 0 Å². The van der Waals surface area contributed by atoms with Crippen molar-refractivity contribution < 1.29 is 23.1 Å². The van der Waals surface area contributed by atoms with Gasteiger partial charge < -0.3 is 15.4 Å². The van der Waals surface area contributed by atoms with Crippen LogP contribution >= 0.6 is 0 Å². The van der Waals surface area contributed by atoms with E-state index in [1.807, 2.05) is 0 Å². The van der Waals surface area contributed by atoms with Gasteiger partial charge >= 0.3 is 6.09 Å². The molecule has 0 heterocycles. The summed E-state index contributed by atoms with van der Waals surface area (Å²) in [4.78, 5) is 22.9. The van der Waals surface area contributed by atoms with Gasteiger partial charge in [0.05, 0.1) is 5.69 Å². The summed E-state index contributed by atoms with van der Waals surface area (Å²) in [6, 6.07) is 2.76. The molecule has 0 aliphatic carbocycles. The number of hydrogen-bond acceptors (Lipinski definition) is 3. The van der Waals surface area contributed by atoms with Crippen LogP contribution in [0, 0.1) is 11.6 Å². The monoisotopic (exact) mass is 300 g/mol. The number of nitrogens with one attached hydrogen (secondary N) is 2. The molecule has 0 aliphatic rings. The first-order valence-electron chi connectivity index (χ1n) is 6.39. The van der Waals surface area contributed by atoms with Crippen LogP contribution in [0.25, 0.3) is 0 Å². The minimum atomic E-state index is -0.732. The molecule has 7 heteroatoms. The zero-order valence-corrected chi connectivity index (χ0v) is 12.1. The number of benzene rings is 1. The molecule has 21 heavy (non-hydrogen) atoms. The molecular weight excluding hydrogens is 282 g/mol. The van der Waals surface area contributed by atoms with Gasteiger partial charge in [0, 0.05) is 19.0 Å². The number of ether oxygens (including phenoxy) is 1. The second-order valence-electron chi connectivity index (χ2n) is 5.35. The molecule has 1 rings (SSSR count). The van der Waals surface area contributed by atoms with Crippen LogP contribution in [0.5, 0.6) is 0 Å². The van der Waals surface area contributed by atoms with Crippen LogP contribution in [-0.2, 0) is 9.53 Å². The molecule has 116 valence electrons. The minimum Gasteiger partial charge on any atom is -0.444 e. The number of carbonyl (C=O) groups is 2. The molecule has 0 saturated heterocycles. The lowest BCUT2D eigenvalue weighted by Crippen LogP contribution is -2.34. The van der Waals surface area contributed by atoms with Crippen molar-refractivity contribution in [3.05, 3.63) is 29.8 Å². The van der Waals surface area contributed by atoms with E-state index in [0.29, 0.717) is 0 Å². The summed E-state index contributed by atoms with van der Waals surface area (Å²) < 4.78 is 31.2. The number of halogens is 2. The SMILES string of the molecule is CC(C)(C)OC(=O)NCCC(=O)Nc1cc(F)ccc1F. The molecule has 0 aliphatic heterocycles. The van der Waals surface area contributed by atoms with E-state index in [9.17, 15) is 18.4 Å². The Balaban J connectivity index is 2.38. The standard InChI is InChI=1S/C14H18F2N2O3/c1-14(2,3)21-13(20)17-7-6-12(19)18-11-8-9(15)4-5-10(11)16/h4-5,8H,6-7H2,1-3H3,(H,17,20)(H,18,19). The van der Waals surface area contributed by atoms with Crippen molar-refractivity contribution in [3.63, 3.8) is 0 Å². The molecule has 0 atom stereocenters. The van der Waals surface area contributed by atoms with Gasteiger partial charge in [-0.05, 0) is 32.9 Å². The van der Waals surface area contributed by atoms with Gasteiger partial charge in [-0.1, -0.05) is 0 Å². The third-order valence-corrected chi connectivity index (χ3v) is 2.22. The van der Waals surface area contributed by atoms with Crippen molar-refractivity contribution in [1.29, 1.82) is 0 Å². The number of amides is 2. The van der Waals surface area contributed by atoms with Crippen LogP contribution in [0.2, 0.25) is 0 Å². The second-order valence-corrected chi connectivity index (χ2v) is 5.35. The van der Waals surface area contributed by atoms with Crippen LogP contribution in [0.15, 0.2) is 18.2 Å². The maximum absolute atomic E-state index is 13.3. The van der Waals surface area contributed by atoms with E-state index in [0.717, 1.165) is 18.2 Å². The number of anilines is 1. The molecule has 0 fully saturated rings. The quantitative estimate of drug-likeness (QED) is 0.898. The van der Waals surface area contributed by atoms with Gasteiger partial charge in [0.1, 0.15) is 17.2 Å². The number of rotatable bonds is 4. The topological polar surface area (TPSA) is 67.4 Å². The molecule has 0 unspecified atom stereocenters. The van der Waals surface area contributed by atoms with Crippen molar-refractivity contribution in [2.24, 2.45) is 0 Å². The number of carbonyl (C=O) groups excluding carboxylic acids is 2. The predicted molar refractivity (Wildman–Crippen MR) is 73.8 cm³/mol. The van der Waals surface area contributed by atoms with E-state index in [4.69, 9.17) is 4.74 Å². The lowest BCUT2D eigenvalue weighted by atomic mass is 10.2. The highest BCUT2D eigenvalue weighted by molar-refractivity contribution is 5.91. The van der Waals surface area contributed by atoms with Crippen LogP contribution in [0.1, 0.15) is 27.2 Å². The Morgan fingerprint density at radius 2 is 1.90 bits per heavy atom. The summed E-state index contributed by atoms with van der Waals surface area (Å²) in [6.45, 7) is 5.17. The summed E-state index contributed by atoms with van der Waals surface area (Å²) in [6.07, 6.45) is -0.734. The third-order valence-electron chi connectivity index (χ3n) is 2.22. The summed E-state index contributed by atoms with van der Waals surface area (Å²) >= 11 is 0. The van der Waals surface area contributed by atoms with E-state index >= 15 is 0 Å². The first-order chi connectivity index (χ1) is 9.67. The van der Waals surface area contributed by atoms with Gasteiger partial charge in [-0.15, -0.1) is 0 Å². The Bertz CT molecular complexity index is 527. The number of hydrogen-bond donors (Lipinski definition) is 2. The van der Waals surface area contributed by atoms with Crippen LogP contribution in [-0.4, -0.2) is 24.1 Å². The summed E-state index contributed by atoms with van der Waals surface area (Å²) in [5.74, 6) is -1.93. The Morgan fingerprint density at radius 1 is 1.24 bits per heavy atom. The molecule has 1 aromatic rings. The lowest BCUT2D eigenvalue weighted by molar-refractivity contribution is -0.116. The predicted octanol–water partition coefficient (Wildman–Crippen LogP) is 2.82. The Kier molecular flexibility index (Phi) is 5.63. The van der Waals surface area contributed by atoms with Crippen molar-refractivity contribution in [1.82, 2.24) is 5.32 Å². The fourth-order valence-corrected chi connectivity index (χ4v) is 1.40. The third kappa shape index (κ3) is 6.69. The highest BCUT2D eigenvalue weighted by Gasteiger charge is 2.16. The summed E-state index contributed by atoms with van der Waals surface area (Å²) in [7, 11) is 0. The second kappa shape index (κ2) is 7.01. The first kappa shape index (κ1) is 16.9. The highest BCUT2D eigenvalue weighted by Crippen LogP contribution is 2.15. The largest absolute Gasteiger partial charge is 0.444 e. The molecule has 2 N–H and O–H groups in total. The zero-order chi connectivity index (χ0) is 16.0. The summed E-state index contributed by atoms with van der Waals surface area (Å²) in [5, 5.41) is 4.62. The minimum absolute atomic E-state index is 0.0255. The fourth-order valence-electron chi connectivity index (χ4n) is 1.40. The Labute approximate surface area is 121 Å². The van der Waals surface area contributed by atoms with E-state index in [1.54, 1.807) is 20.8 Å². The van der Waals surface area contributed by atoms with Gasteiger partial charge in [0.2, 0.25) is 5.91 Å². The van der Waals surface area contributed by atoms with Crippen molar-refractivity contribution in [3.8, 4) is 0 Å². The van der Waals surface area contributed by atoms with Crippen molar-refractivity contribution >= 4 is 17.7 Å². The van der Waals surface area contributed by atoms with Crippen molar-refractivity contribution in [2.45, 2.75) is 32.8 Å². The maximum atomic E-state index is 13.3. The highest BCUT2D eigenvalue weighted by atomic mass is 19.1. The van der Waals surface area contributed by atoms with Crippen LogP contribution < -0.4 is 10.6 Å². The van der Waals surface area contributed by atoms with Gasteiger partial charge in [-0.2, -0.15) is 0 Å². The van der Waals surface area contributed by atoms with Gasteiger partial charge in [0.15, 0.2) is 0 Å². The Hall–Kier alpha value is -2.18. The van der Waals surface area contributed by atoms with E-state index in [-0.39, 0.29) is 18.7 Å². The van der Waals surface area contributed by atoms with Gasteiger partial charge in [0.25, 0.3) is 0 Å². The normalized spacial score (nSPS) is 10.9. The smallest absolute Gasteiger partial charge is 0.407 e. The molecule has 0 spiro atoms. The summed E-state index contributed by atoms with van der Waals surface area (Å²) in [5.41, 5.74) is -0.867. The van der Waals surface area contributed by atoms with Gasteiger partial charge in [-0.25, -0.2) is 13.6 Å². The molecule has 5 nitrogen and oxygen atoms in total. The zero-order valence-electron chi connectivity index (χ0n) is 12.1. The Morgan fingerprint density at radius 3 is 2.52 bits per heavy atom. The molecule has 0 saturated carbocycles. The van der Waals surface area contributed by atoms with Crippen LogP contribution in [0.4, 0.5) is 19.3 Å². The molecule has 0 radical (unpaired) electrons. The van der Waals surface area contributed by atoms with Crippen molar-refractivity contribution in [2.75, 3.05) is 11.9 Å². The lowest BCUT2D eigenvalue weighted by Gasteiger charge is -2.19. The molecular formula is C14H18F2N2O3. The molecule has 1 aromatic carbocycles. The van der Waals surface area contributed by atoms with E-state index in [1.165, 1.54) is 0 Å². The first-order valence-corrected chi connectivity index (χ1v) is 6.39. The number of alkyl carbamates (subject to hydrolysis) is 1.